The van der Waals surface area contributed by atoms with Gasteiger partial charge in [0.2, 0.25) is 0 Å². The van der Waals surface area contributed by atoms with Crippen molar-refractivity contribution in [1.82, 2.24) is 0 Å². The fourth-order valence-electron chi connectivity index (χ4n) is 1.37. The molecule has 0 heterocycles. The van der Waals surface area contributed by atoms with Crippen LogP contribution in [0.4, 0.5) is 0 Å². The second-order valence-corrected chi connectivity index (χ2v) is 3.78. The third-order valence-electron chi connectivity index (χ3n) is 2.04. The summed E-state index contributed by atoms with van der Waals surface area (Å²) < 4.78 is 6.31. The molecular weight excluding hydrogens is 246 g/mol. The van der Waals surface area contributed by atoms with Gasteiger partial charge in [0.15, 0.2) is 0 Å². The Morgan fingerprint density at radius 1 is 1.43 bits per heavy atom. The zero-order valence-corrected chi connectivity index (χ0v) is 9.93. The third-order valence-corrected chi connectivity index (χ3v) is 2.75. The number of nitrogens with two attached hydrogens (primary N) is 1. The van der Waals surface area contributed by atoms with E-state index in [4.69, 9.17) is 10.6 Å². The van der Waals surface area contributed by atoms with Gasteiger partial charge < -0.3 is 4.74 Å². The van der Waals surface area contributed by atoms with Crippen molar-refractivity contribution >= 4 is 15.9 Å². The zero-order chi connectivity index (χ0) is 10.6. The van der Waals surface area contributed by atoms with Crippen LogP contribution >= 0.6 is 15.9 Å². The third kappa shape index (κ3) is 2.47. The maximum absolute atomic E-state index is 5.28. The lowest BCUT2D eigenvalue weighted by atomic mass is 10.1. The molecule has 0 spiro atoms. The molecule has 4 heteroatoms. The predicted octanol–water partition coefficient (Wildman–Crippen LogP) is 2.41. The van der Waals surface area contributed by atoms with Crippen LogP contribution in [0.3, 0.4) is 0 Å². The first-order valence-corrected chi connectivity index (χ1v) is 5.19. The van der Waals surface area contributed by atoms with Gasteiger partial charge in [0, 0.05) is 10.0 Å². The monoisotopic (exact) mass is 259 g/mol. The minimum absolute atomic E-state index is 0.388. The second kappa shape index (κ2) is 5.34. The standard InChI is InChI=1S/C10H14BrNO2/c1-3-8-9(11)4-7(6-14-12)5-10(8)13-2/h4-5H,3,6,12H2,1-2H3. The fraction of sp³-hybridized carbons (Fsp3) is 0.400. The number of halogens is 1. The molecule has 0 aromatic heterocycles. The van der Waals surface area contributed by atoms with Crippen LogP contribution in [0, 0.1) is 0 Å². The van der Waals surface area contributed by atoms with Crippen LogP contribution in [-0.4, -0.2) is 7.11 Å². The lowest BCUT2D eigenvalue weighted by molar-refractivity contribution is 0.124. The van der Waals surface area contributed by atoms with Gasteiger partial charge in [0.25, 0.3) is 0 Å². The molecule has 0 bridgehead atoms. The summed E-state index contributed by atoms with van der Waals surface area (Å²) in [5.74, 6) is 5.89. The fourth-order valence-corrected chi connectivity index (χ4v) is 2.14. The van der Waals surface area contributed by atoms with Crippen molar-refractivity contribution < 1.29 is 9.57 Å². The lowest BCUT2D eigenvalue weighted by Gasteiger charge is -2.11. The average Bonchev–Trinajstić information content (AvgIpc) is 2.17. The number of hydrogen-bond acceptors (Lipinski definition) is 3. The first kappa shape index (κ1) is 11.5. The molecule has 1 aromatic carbocycles. The van der Waals surface area contributed by atoms with E-state index < -0.39 is 0 Å². The maximum Gasteiger partial charge on any atom is 0.123 e. The van der Waals surface area contributed by atoms with Crippen LogP contribution in [0.25, 0.3) is 0 Å². The topological polar surface area (TPSA) is 44.5 Å². The van der Waals surface area contributed by atoms with Crippen molar-refractivity contribution in [3.05, 3.63) is 27.7 Å². The highest BCUT2D eigenvalue weighted by molar-refractivity contribution is 9.10. The molecule has 0 saturated carbocycles. The summed E-state index contributed by atoms with van der Waals surface area (Å²) in [6, 6.07) is 3.94. The number of hydrogen-bond donors (Lipinski definition) is 1. The number of methoxy groups -OCH3 is 1. The minimum atomic E-state index is 0.388. The van der Waals surface area contributed by atoms with Gasteiger partial charge in [-0.25, -0.2) is 5.90 Å². The predicted molar refractivity (Wildman–Crippen MR) is 59.0 cm³/mol. The van der Waals surface area contributed by atoms with E-state index in [1.807, 2.05) is 12.1 Å². The molecule has 3 nitrogen and oxygen atoms in total. The average molecular weight is 260 g/mol. The first-order chi connectivity index (χ1) is 6.72. The van der Waals surface area contributed by atoms with Gasteiger partial charge in [-0.15, -0.1) is 0 Å². The quantitative estimate of drug-likeness (QED) is 0.845. The SMILES string of the molecule is CCc1c(Br)cc(CON)cc1OC. The van der Waals surface area contributed by atoms with Gasteiger partial charge in [-0.3, -0.25) is 4.84 Å². The van der Waals surface area contributed by atoms with Crippen LogP contribution in [0.5, 0.6) is 5.75 Å². The molecule has 1 rings (SSSR count). The second-order valence-electron chi connectivity index (χ2n) is 2.92. The van der Waals surface area contributed by atoms with E-state index in [2.05, 4.69) is 27.7 Å². The van der Waals surface area contributed by atoms with E-state index in [1.165, 1.54) is 0 Å². The Kier molecular flexibility index (Phi) is 4.38. The van der Waals surface area contributed by atoms with E-state index in [1.54, 1.807) is 7.11 Å². The van der Waals surface area contributed by atoms with Crippen molar-refractivity contribution in [3.63, 3.8) is 0 Å². The van der Waals surface area contributed by atoms with Gasteiger partial charge in [-0.1, -0.05) is 22.9 Å². The van der Waals surface area contributed by atoms with Crippen molar-refractivity contribution in [1.29, 1.82) is 0 Å². The van der Waals surface area contributed by atoms with E-state index in [0.717, 1.165) is 27.8 Å². The van der Waals surface area contributed by atoms with Crippen LogP contribution in [0.1, 0.15) is 18.1 Å². The molecule has 0 atom stereocenters. The molecule has 2 N–H and O–H groups in total. The van der Waals surface area contributed by atoms with Crippen molar-refractivity contribution in [2.75, 3.05) is 7.11 Å². The first-order valence-electron chi connectivity index (χ1n) is 4.39. The molecule has 1 aromatic rings. The molecule has 14 heavy (non-hydrogen) atoms. The van der Waals surface area contributed by atoms with Crippen LogP contribution < -0.4 is 10.6 Å². The minimum Gasteiger partial charge on any atom is -0.496 e. The summed E-state index contributed by atoms with van der Waals surface area (Å²) in [6.45, 7) is 2.47. The normalized spacial score (nSPS) is 10.3. The molecular formula is C10H14BrNO2. The lowest BCUT2D eigenvalue weighted by Crippen LogP contribution is -2.01. The number of benzene rings is 1. The summed E-state index contributed by atoms with van der Waals surface area (Å²) in [7, 11) is 1.66. The highest BCUT2D eigenvalue weighted by atomic mass is 79.9. The highest BCUT2D eigenvalue weighted by Crippen LogP contribution is 2.29. The van der Waals surface area contributed by atoms with Gasteiger partial charge in [0.1, 0.15) is 5.75 Å². The summed E-state index contributed by atoms with van der Waals surface area (Å²) in [5, 5.41) is 0. The number of ether oxygens (including phenoxy) is 1. The van der Waals surface area contributed by atoms with Gasteiger partial charge in [0.05, 0.1) is 13.7 Å². The van der Waals surface area contributed by atoms with Gasteiger partial charge in [-0.05, 0) is 24.1 Å². The summed E-state index contributed by atoms with van der Waals surface area (Å²) in [5.41, 5.74) is 2.15. The Labute approximate surface area is 92.3 Å². The van der Waals surface area contributed by atoms with E-state index in [-0.39, 0.29) is 0 Å². The Hall–Kier alpha value is -0.580. The van der Waals surface area contributed by atoms with Crippen LogP contribution in [-0.2, 0) is 17.9 Å². The summed E-state index contributed by atoms with van der Waals surface area (Å²) >= 11 is 3.49. The molecule has 0 fully saturated rings. The highest BCUT2D eigenvalue weighted by Gasteiger charge is 2.07. The molecule has 0 aliphatic rings. The molecule has 0 radical (unpaired) electrons. The van der Waals surface area contributed by atoms with Crippen molar-refractivity contribution in [3.8, 4) is 5.75 Å². The Bertz CT molecular complexity index is 315. The molecule has 0 aliphatic heterocycles. The zero-order valence-electron chi connectivity index (χ0n) is 8.34. The Balaban J connectivity index is 3.10. The molecule has 0 aliphatic carbocycles. The van der Waals surface area contributed by atoms with E-state index >= 15 is 0 Å². The van der Waals surface area contributed by atoms with E-state index in [0.29, 0.717) is 6.61 Å². The van der Waals surface area contributed by atoms with Crippen LogP contribution in [0.2, 0.25) is 0 Å². The largest absolute Gasteiger partial charge is 0.496 e. The summed E-state index contributed by atoms with van der Waals surface area (Å²) in [6.07, 6.45) is 0.924. The Morgan fingerprint density at radius 3 is 2.64 bits per heavy atom. The summed E-state index contributed by atoms with van der Waals surface area (Å²) in [4.78, 5) is 4.58. The van der Waals surface area contributed by atoms with E-state index in [9.17, 15) is 0 Å². The van der Waals surface area contributed by atoms with Gasteiger partial charge >= 0.3 is 0 Å². The number of rotatable bonds is 4. The Morgan fingerprint density at radius 2 is 2.14 bits per heavy atom. The van der Waals surface area contributed by atoms with Gasteiger partial charge in [-0.2, -0.15) is 0 Å². The molecule has 0 saturated heterocycles. The molecule has 0 amide bonds. The van der Waals surface area contributed by atoms with Crippen molar-refractivity contribution in [2.45, 2.75) is 20.0 Å². The maximum atomic E-state index is 5.28. The van der Waals surface area contributed by atoms with Crippen molar-refractivity contribution in [2.24, 2.45) is 5.90 Å². The molecule has 0 unspecified atom stereocenters. The van der Waals surface area contributed by atoms with Crippen LogP contribution in [0.15, 0.2) is 16.6 Å². The smallest absolute Gasteiger partial charge is 0.123 e. The molecule has 78 valence electrons.